The summed E-state index contributed by atoms with van der Waals surface area (Å²) in [7, 11) is 0. The second-order valence-electron chi connectivity index (χ2n) is 4.34. The summed E-state index contributed by atoms with van der Waals surface area (Å²) < 4.78 is 4.61. The molecule has 0 heterocycles. The number of hydrogen-bond acceptors (Lipinski definition) is 0. The van der Waals surface area contributed by atoms with Gasteiger partial charge in [-0.05, 0) is 0 Å². The van der Waals surface area contributed by atoms with E-state index in [0.29, 0.717) is 0 Å². The molecule has 0 nitrogen and oxygen atoms in total. The molecule has 0 aliphatic heterocycles. The summed E-state index contributed by atoms with van der Waals surface area (Å²) in [6, 6.07) is 33.0. The first-order valence-corrected chi connectivity index (χ1v) is 11.6. The molecular formula is C18H15Bi2. The average molecular weight is 649 g/mol. The van der Waals surface area contributed by atoms with Gasteiger partial charge >= 0.3 is 123 Å². The van der Waals surface area contributed by atoms with Crippen LogP contribution >= 0.6 is 0 Å². The molecule has 0 aliphatic rings. The Bertz CT molecular complexity index is 527. The molecule has 0 spiro atoms. The molecule has 0 bridgehead atoms. The molecule has 0 atom stereocenters. The molecule has 0 fully saturated rings. The van der Waals surface area contributed by atoms with Crippen LogP contribution in [0.4, 0.5) is 0 Å². The Morgan fingerprint density at radius 3 is 0.900 bits per heavy atom. The number of rotatable bonds is 3. The zero-order valence-electron chi connectivity index (χ0n) is 11.1. The summed E-state index contributed by atoms with van der Waals surface area (Å²) in [5, 5.41) is 0. The monoisotopic (exact) mass is 649 g/mol. The first-order chi connectivity index (χ1) is 9.45. The van der Waals surface area contributed by atoms with E-state index >= 15 is 0 Å². The molecule has 3 aromatic rings. The van der Waals surface area contributed by atoms with Crippen molar-refractivity contribution in [3.8, 4) is 0 Å². The summed E-state index contributed by atoms with van der Waals surface area (Å²) in [4.78, 5) is 0. The molecule has 3 rings (SSSR count). The normalized spacial score (nSPS) is 10.1. The van der Waals surface area contributed by atoms with E-state index in [1.807, 2.05) is 0 Å². The molecule has 97 valence electrons. The van der Waals surface area contributed by atoms with E-state index < -0.39 is 21.8 Å². The van der Waals surface area contributed by atoms with Gasteiger partial charge in [0.1, 0.15) is 0 Å². The van der Waals surface area contributed by atoms with Crippen molar-refractivity contribution in [2.45, 2.75) is 0 Å². The Morgan fingerprint density at radius 1 is 0.400 bits per heavy atom. The fraction of sp³-hybridized carbons (Fsp3) is 0. The molecule has 0 aromatic heterocycles. The fourth-order valence-electron chi connectivity index (χ4n) is 2.18. The topological polar surface area (TPSA) is 0 Å². The van der Waals surface area contributed by atoms with Gasteiger partial charge in [-0.25, -0.2) is 0 Å². The van der Waals surface area contributed by atoms with E-state index in [4.69, 9.17) is 0 Å². The van der Waals surface area contributed by atoms with Gasteiger partial charge in [-0.1, -0.05) is 0 Å². The molecule has 0 unspecified atom stereocenters. The molecule has 3 aromatic carbocycles. The molecule has 0 saturated heterocycles. The van der Waals surface area contributed by atoms with E-state index in [-0.39, 0.29) is 26.2 Å². The minimum atomic E-state index is -2.06. The summed E-state index contributed by atoms with van der Waals surface area (Å²) in [5.74, 6) is 0. The van der Waals surface area contributed by atoms with Crippen LogP contribution in [0.1, 0.15) is 0 Å². The Hall–Kier alpha value is -0.574. The van der Waals surface area contributed by atoms with E-state index in [0.717, 1.165) is 0 Å². The summed E-state index contributed by atoms with van der Waals surface area (Å²) in [5.41, 5.74) is 0. The van der Waals surface area contributed by atoms with E-state index in [9.17, 15) is 0 Å². The maximum absolute atomic E-state index is 2.29. The van der Waals surface area contributed by atoms with E-state index in [2.05, 4.69) is 91.0 Å². The van der Waals surface area contributed by atoms with Crippen LogP contribution in [0.15, 0.2) is 91.0 Å². The predicted octanol–water partition coefficient (Wildman–Crippen LogP) is 1.82. The van der Waals surface area contributed by atoms with Gasteiger partial charge < -0.3 is 0 Å². The van der Waals surface area contributed by atoms with Crippen LogP contribution in [0.25, 0.3) is 0 Å². The van der Waals surface area contributed by atoms with Gasteiger partial charge in [0.25, 0.3) is 0 Å². The molecule has 0 N–H and O–H groups in total. The van der Waals surface area contributed by atoms with Crippen LogP contribution in [0.3, 0.4) is 0 Å². The van der Waals surface area contributed by atoms with Gasteiger partial charge in [0.2, 0.25) is 0 Å². The van der Waals surface area contributed by atoms with E-state index in [1.165, 1.54) is 9.81 Å². The zero-order chi connectivity index (χ0) is 12.9. The SMILES string of the molecule is [Bi].c1cc[c]([Bi]([c]2ccccc2)[c]2ccccc2)cc1. The van der Waals surface area contributed by atoms with Crippen molar-refractivity contribution in [3.63, 3.8) is 0 Å². The third-order valence-electron chi connectivity index (χ3n) is 3.04. The van der Waals surface area contributed by atoms with E-state index in [1.54, 1.807) is 0 Å². The summed E-state index contributed by atoms with van der Waals surface area (Å²) >= 11 is -2.06. The molecule has 0 amide bonds. The summed E-state index contributed by atoms with van der Waals surface area (Å²) in [6.07, 6.45) is 0. The van der Waals surface area contributed by atoms with Crippen molar-refractivity contribution >= 4 is 57.8 Å². The fourth-order valence-corrected chi connectivity index (χ4v) is 11.1. The molecule has 0 saturated carbocycles. The van der Waals surface area contributed by atoms with Crippen LogP contribution in [0.2, 0.25) is 0 Å². The van der Waals surface area contributed by atoms with Crippen LogP contribution in [-0.2, 0) is 0 Å². The van der Waals surface area contributed by atoms with Gasteiger partial charge in [0, 0.05) is 26.2 Å². The third-order valence-corrected chi connectivity index (χ3v) is 12.5. The minimum absolute atomic E-state index is 0. The van der Waals surface area contributed by atoms with Crippen molar-refractivity contribution in [3.05, 3.63) is 91.0 Å². The Balaban J connectivity index is 0.00000147. The van der Waals surface area contributed by atoms with Crippen LogP contribution < -0.4 is 9.81 Å². The van der Waals surface area contributed by atoms with Crippen LogP contribution in [0.5, 0.6) is 0 Å². The summed E-state index contributed by atoms with van der Waals surface area (Å²) in [6.45, 7) is 0. The van der Waals surface area contributed by atoms with Crippen molar-refractivity contribution in [2.24, 2.45) is 0 Å². The van der Waals surface area contributed by atoms with Gasteiger partial charge in [-0.3, -0.25) is 0 Å². The van der Waals surface area contributed by atoms with Crippen LogP contribution in [0, 0.1) is 0 Å². The zero-order valence-corrected chi connectivity index (χ0v) is 18.0. The van der Waals surface area contributed by atoms with Gasteiger partial charge in [0.15, 0.2) is 0 Å². The van der Waals surface area contributed by atoms with Crippen molar-refractivity contribution in [1.82, 2.24) is 0 Å². The standard InChI is InChI=1S/3C6H5.2Bi/c3*1-2-4-6-5-3-1;;/h3*1-5H;;. The maximum atomic E-state index is 2.29. The third kappa shape index (κ3) is 3.75. The van der Waals surface area contributed by atoms with Crippen molar-refractivity contribution < 1.29 is 0 Å². The Kier molecular flexibility index (Phi) is 6.33. The first kappa shape index (κ1) is 15.8. The van der Waals surface area contributed by atoms with Crippen molar-refractivity contribution in [1.29, 1.82) is 0 Å². The molecule has 0 aliphatic carbocycles. The van der Waals surface area contributed by atoms with Crippen molar-refractivity contribution in [2.75, 3.05) is 0 Å². The molecular weight excluding hydrogens is 634 g/mol. The molecule has 3 radical (unpaired) electrons. The second kappa shape index (κ2) is 8.01. The van der Waals surface area contributed by atoms with Crippen LogP contribution in [-0.4, -0.2) is 48.0 Å². The molecule has 20 heavy (non-hydrogen) atoms. The van der Waals surface area contributed by atoms with Gasteiger partial charge in [0.05, 0.1) is 0 Å². The Labute approximate surface area is 147 Å². The molecule has 2 heteroatoms. The number of hydrogen-bond donors (Lipinski definition) is 0. The quantitative estimate of drug-likeness (QED) is 0.381. The number of benzene rings is 3. The van der Waals surface area contributed by atoms with Gasteiger partial charge in [-0.2, -0.15) is 0 Å². The van der Waals surface area contributed by atoms with Gasteiger partial charge in [-0.15, -0.1) is 0 Å². The Morgan fingerprint density at radius 2 is 0.650 bits per heavy atom. The second-order valence-corrected chi connectivity index (χ2v) is 13.0. The average Bonchev–Trinajstić information content (AvgIpc) is 2.51. The predicted molar refractivity (Wildman–Crippen MR) is 89.7 cm³/mol. The first-order valence-electron chi connectivity index (χ1n) is 6.40.